The number of hydrogen-bond donors (Lipinski definition) is 0. The van der Waals surface area contributed by atoms with Crippen molar-refractivity contribution in [1.29, 1.82) is 0 Å². The molecule has 0 bridgehead atoms. The van der Waals surface area contributed by atoms with Crippen LogP contribution in [0.2, 0.25) is 0 Å². The molecule has 2 aromatic heterocycles. The van der Waals surface area contributed by atoms with E-state index in [9.17, 15) is 4.79 Å². The number of rotatable bonds is 1. The first-order chi connectivity index (χ1) is 6.74. The topological polar surface area (TPSA) is 69.9 Å². The lowest BCUT2D eigenvalue weighted by Gasteiger charge is -1.98. The molecule has 0 saturated heterocycles. The van der Waals surface area contributed by atoms with Gasteiger partial charge < -0.3 is 4.74 Å². The van der Waals surface area contributed by atoms with Crippen molar-refractivity contribution in [1.82, 2.24) is 19.7 Å². The minimum atomic E-state index is -0.481. The highest BCUT2D eigenvalue weighted by atomic mass is 16.5. The third kappa shape index (κ3) is 1.12. The number of fused-ring (bicyclic) bond motifs is 1. The van der Waals surface area contributed by atoms with Crippen molar-refractivity contribution in [2.24, 2.45) is 7.05 Å². The molecular weight excluding hydrogens is 184 g/mol. The first-order valence-electron chi connectivity index (χ1n) is 3.95. The zero-order valence-electron chi connectivity index (χ0n) is 7.76. The molecule has 2 rings (SSSR count). The quantitative estimate of drug-likeness (QED) is 0.601. The van der Waals surface area contributed by atoms with Crippen molar-refractivity contribution in [2.75, 3.05) is 7.11 Å². The van der Waals surface area contributed by atoms with Crippen LogP contribution in [0.5, 0.6) is 0 Å². The van der Waals surface area contributed by atoms with Gasteiger partial charge in [0.15, 0.2) is 11.3 Å². The number of esters is 1. The summed E-state index contributed by atoms with van der Waals surface area (Å²) in [6.07, 6.45) is 2.86. The zero-order valence-corrected chi connectivity index (χ0v) is 7.76. The van der Waals surface area contributed by atoms with Gasteiger partial charge in [-0.05, 0) is 0 Å². The van der Waals surface area contributed by atoms with E-state index in [1.54, 1.807) is 17.9 Å². The van der Waals surface area contributed by atoms with Crippen LogP contribution in [0.15, 0.2) is 12.5 Å². The molecule has 0 fully saturated rings. The van der Waals surface area contributed by atoms with Gasteiger partial charge in [-0.15, -0.1) is 0 Å². The Labute approximate surface area is 79.5 Å². The lowest BCUT2D eigenvalue weighted by atomic mass is 10.3. The zero-order chi connectivity index (χ0) is 10.1. The molecule has 72 valence electrons. The monoisotopic (exact) mass is 192 g/mol. The predicted octanol–water partition coefficient (Wildman–Crippen LogP) is 0.150. The maximum atomic E-state index is 11.3. The minimum Gasteiger partial charge on any atom is -0.464 e. The molecule has 0 atom stereocenters. The van der Waals surface area contributed by atoms with Gasteiger partial charge in [0, 0.05) is 7.05 Å². The van der Waals surface area contributed by atoms with E-state index in [1.807, 2.05) is 0 Å². The van der Waals surface area contributed by atoms with Crippen LogP contribution in [0.1, 0.15) is 10.5 Å². The van der Waals surface area contributed by atoms with Crippen LogP contribution in [0.4, 0.5) is 0 Å². The fourth-order valence-electron chi connectivity index (χ4n) is 1.22. The van der Waals surface area contributed by atoms with Gasteiger partial charge in [-0.2, -0.15) is 5.10 Å². The molecule has 2 heterocycles. The second-order valence-electron chi connectivity index (χ2n) is 2.72. The Morgan fingerprint density at radius 1 is 1.50 bits per heavy atom. The summed E-state index contributed by atoms with van der Waals surface area (Å²) in [7, 11) is 3.06. The molecule has 0 aromatic carbocycles. The lowest BCUT2D eigenvalue weighted by Crippen LogP contribution is -2.05. The first-order valence-corrected chi connectivity index (χ1v) is 3.95. The third-order valence-electron chi connectivity index (χ3n) is 1.91. The van der Waals surface area contributed by atoms with E-state index < -0.39 is 5.97 Å². The summed E-state index contributed by atoms with van der Waals surface area (Å²) in [6.45, 7) is 0. The molecule has 0 radical (unpaired) electrons. The van der Waals surface area contributed by atoms with Crippen LogP contribution in [-0.2, 0) is 11.8 Å². The molecule has 0 aliphatic carbocycles. The summed E-state index contributed by atoms with van der Waals surface area (Å²) in [6, 6.07) is 0. The largest absolute Gasteiger partial charge is 0.464 e. The van der Waals surface area contributed by atoms with Crippen molar-refractivity contribution in [3.05, 3.63) is 18.2 Å². The van der Waals surface area contributed by atoms with Crippen LogP contribution in [0, 0.1) is 0 Å². The van der Waals surface area contributed by atoms with E-state index in [0.717, 1.165) is 0 Å². The van der Waals surface area contributed by atoms with E-state index in [1.165, 1.54) is 13.4 Å². The molecule has 0 unspecified atom stereocenters. The number of ether oxygens (including phenoxy) is 1. The Balaban J connectivity index is 2.71. The van der Waals surface area contributed by atoms with Crippen LogP contribution in [-0.4, -0.2) is 32.8 Å². The lowest BCUT2D eigenvalue weighted by molar-refractivity contribution is 0.0596. The predicted molar refractivity (Wildman–Crippen MR) is 47.6 cm³/mol. The van der Waals surface area contributed by atoms with Crippen LogP contribution >= 0.6 is 0 Å². The fourth-order valence-corrected chi connectivity index (χ4v) is 1.22. The van der Waals surface area contributed by atoms with Crippen LogP contribution in [0.3, 0.4) is 0 Å². The first kappa shape index (κ1) is 8.61. The Bertz CT molecular complexity index is 491. The molecule has 2 aromatic rings. The number of aromatic nitrogens is 4. The van der Waals surface area contributed by atoms with Gasteiger partial charge in [-0.25, -0.2) is 14.8 Å². The summed E-state index contributed by atoms with van der Waals surface area (Å²) in [5.41, 5.74) is 0.853. The molecule has 14 heavy (non-hydrogen) atoms. The average molecular weight is 192 g/mol. The van der Waals surface area contributed by atoms with Gasteiger partial charge in [0.1, 0.15) is 6.33 Å². The Morgan fingerprint density at radius 3 is 3.00 bits per heavy atom. The standard InChI is InChI=1S/C8H8N4O2/c1-12-7-5(3-11-12)6(8(13)14-2)9-4-10-7/h3-4H,1-2H3. The van der Waals surface area contributed by atoms with Gasteiger partial charge in [-0.3, -0.25) is 4.68 Å². The molecular formula is C8H8N4O2. The maximum Gasteiger partial charge on any atom is 0.357 e. The van der Waals surface area contributed by atoms with Crippen LogP contribution < -0.4 is 0 Å². The van der Waals surface area contributed by atoms with Gasteiger partial charge in [0.2, 0.25) is 0 Å². The molecule has 0 N–H and O–H groups in total. The van der Waals surface area contributed by atoms with Crippen molar-refractivity contribution in [2.45, 2.75) is 0 Å². The number of nitrogens with zero attached hydrogens (tertiary/aromatic N) is 4. The molecule has 0 spiro atoms. The number of aryl methyl sites for hydroxylation is 1. The van der Waals surface area contributed by atoms with E-state index in [2.05, 4.69) is 19.8 Å². The highest BCUT2D eigenvalue weighted by Gasteiger charge is 2.14. The van der Waals surface area contributed by atoms with E-state index in [-0.39, 0.29) is 5.69 Å². The average Bonchev–Trinajstić information content (AvgIpc) is 2.59. The van der Waals surface area contributed by atoms with Crippen LogP contribution in [0.25, 0.3) is 11.0 Å². The smallest absolute Gasteiger partial charge is 0.357 e. The van der Waals surface area contributed by atoms with Crippen molar-refractivity contribution in [3.8, 4) is 0 Å². The van der Waals surface area contributed by atoms with E-state index >= 15 is 0 Å². The SMILES string of the molecule is COC(=O)c1ncnc2c1cnn2C. The maximum absolute atomic E-state index is 11.3. The minimum absolute atomic E-state index is 0.241. The summed E-state index contributed by atoms with van der Waals surface area (Å²) in [5, 5.41) is 4.58. The third-order valence-corrected chi connectivity index (χ3v) is 1.91. The van der Waals surface area contributed by atoms with Gasteiger partial charge in [0.05, 0.1) is 18.7 Å². The molecule has 6 nitrogen and oxygen atoms in total. The highest BCUT2D eigenvalue weighted by molar-refractivity contribution is 6.00. The Kier molecular flexibility index (Phi) is 1.88. The number of hydrogen-bond acceptors (Lipinski definition) is 5. The van der Waals surface area contributed by atoms with E-state index in [0.29, 0.717) is 11.0 Å². The van der Waals surface area contributed by atoms with Gasteiger partial charge in [-0.1, -0.05) is 0 Å². The van der Waals surface area contributed by atoms with Crippen molar-refractivity contribution < 1.29 is 9.53 Å². The number of carbonyl (C=O) groups is 1. The normalized spacial score (nSPS) is 10.4. The summed E-state index contributed by atoms with van der Waals surface area (Å²) < 4.78 is 6.16. The molecule has 0 aliphatic rings. The van der Waals surface area contributed by atoms with Gasteiger partial charge >= 0.3 is 5.97 Å². The molecule has 6 heteroatoms. The fraction of sp³-hybridized carbons (Fsp3) is 0.250. The molecule has 0 aliphatic heterocycles. The van der Waals surface area contributed by atoms with Gasteiger partial charge in [0.25, 0.3) is 0 Å². The highest BCUT2D eigenvalue weighted by Crippen LogP contribution is 2.13. The number of carbonyl (C=O) groups excluding carboxylic acids is 1. The Hall–Kier alpha value is -1.98. The second-order valence-corrected chi connectivity index (χ2v) is 2.72. The summed E-state index contributed by atoms with van der Waals surface area (Å²) in [4.78, 5) is 19.1. The summed E-state index contributed by atoms with van der Waals surface area (Å²) >= 11 is 0. The molecule has 0 amide bonds. The summed E-state index contributed by atoms with van der Waals surface area (Å²) in [5.74, 6) is -0.481. The van der Waals surface area contributed by atoms with Crippen molar-refractivity contribution in [3.63, 3.8) is 0 Å². The van der Waals surface area contributed by atoms with Crippen molar-refractivity contribution >= 4 is 17.0 Å². The Morgan fingerprint density at radius 2 is 2.29 bits per heavy atom. The second kappa shape index (κ2) is 3.06. The van der Waals surface area contributed by atoms with E-state index in [4.69, 9.17) is 0 Å². The molecule has 0 saturated carbocycles. The number of methoxy groups -OCH3 is 1.